The van der Waals surface area contributed by atoms with Crippen molar-refractivity contribution in [1.29, 1.82) is 0 Å². The fourth-order valence-electron chi connectivity index (χ4n) is 3.38. The van der Waals surface area contributed by atoms with E-state index in [4.69, 9.17) is 14.2 Å². The predicted octanol–water partition coefficient (Wildman–Crippen LogP) is 3.83. The first-order valence-electron chi connectivity index (χ1n) is 11.1. The largest absolute Gasteiger partial charge is 0.478 e. The molecule has 1 aliphatic heterocycles. The number of likely N-dealkylation sites (tertiary alicyclic amines) is 1. The Kier molecular flexibility index (Phi) is 7.32. The summed E-state index contributed by atoms with van der Waals surface area (Å²) in [5.41, 5.74) is 0.148. The van der Waals surface area contributed by atoms with Crippen LogP contribution in [0.1, 0.15) is 37.6 Å². The molecule has 1 unspecified atom stereocenters. The molecule has 1 fully saturated rings. The second kappa shape index (κ2) is 9.68. The van der Waals surface area contributed by atoms with Crippen molar-refractivity contribution in [2.75, 3.05) is 19.7 Å². The molecule has 2 aromatic heterocycles. The molecule has 0 saturated carbocycles. The van der Waals surface area contributed by atoms with Gasteiger partial charge in [-0.3, -0.25) is 0 Å². The van der Waals surface area contributed by atoms with Crippen molar-refractivity contribution in [2.45, 2.75) is 71.3 Å². The van der Waals surface area contributed by atoms with Crippen LogP contribution in [0.5, 0.6) is 5.88 Å². The standard InChI is InChI=1S/C22H34N4O6Si/c1-22(2,3)32-21(29)25-8-7-15(12-25)31-17-11-23-19-18(24-17)16(20(27)28)13-26(19)14-30-9-10-33(4,5)6/h11,13,15H,7-10,12,14H2,1-6H3,(H,27,28). The summed E-state index contributed by atoms with van der Waals surface area (Å²) < 4.78 is 18.7. The molecule has 1 saturated heterocycles. The van der Waals surface area contributed by atoms with E-state index in [-0.39, 0.29) is 35.9 Å². The van der Waals surface area contributed by atoms with Gasteiger partial charge in [-0.2, -0.15) is 0 Å². The molecular formula is C22H34N4O6Si. The highest BCUT2D eigenvalue weighted by Crippen LogP contribution is 2.24. The van der Waals surface area contributed by atoms with Crippen molar-refractivity contribution in [3.05, 3.63) is 18.0 Å². The number of rotatable bonds is 8. The Morgan fingerprint density at radius 3 is 2.64 bits per heavy atom. The molecule has 33 heavy (non-hydrogen) atoms. The van der Waals surface area contributed by atoms with Crippen LogP contribution < -0.4 is 4.74 Å². The van der Waals surface area contributed by atoms with Gasteiger partial charge in [0, 0.05) is 33.8 Å². The summed E-state index contributed by atoms with van der Waals surface area (Å²) in [6.45, 7) is 14.0. The minimum atomic E-state index is -1.22. The van der Waals surface area contributed by atoms with Gasteiger partial charge >= 0.3 is 12.1 Å². The van der Waals surface area contributed by atoms with E-state index in [2.05, 4.69) is 29.6 Å². The van der Waals surface area contributed by atoms with Crippen LogP contribution in [0.2, 0.25) is 25.7 Å². The van der Waals surface area contributed by atoms with Crippen LogP contribution in [0.15, 0.2) is 12.4 Å². The van der Waals surface area contributed by atoms with Crippen molar-refractivity contribution < 1.29 is 28.9 Å². The van der Waals surface area contributed by atoms with Crippen LogP contribution in [-0.4, -0.2) is 76.1 Å². The average molecular weight is 479 g/mol. The van der Waals surface area contributed by atoms with Crippen molar-refractivity contribution >= 4 is 31.3 Å². The number of aromatic nitrogens is 3. The number of carbonyl (C=O) groups excluding carboxylic acids is 1. The zero-order valence-electron chi connectivity index (χ0n) is 20.3. The average Bonchev–Trinajstić information content (AvgIpc) is 3.28. The maximum atomic E-state index is 12.3. The highest BCUT2D eigenvalue weighted by molar-refractivity contribution is 6.76. The Hall–Kier alpha value is -2.66. The molecule has 0 spiro atoms. The van der Waals surface area contributed by atoms with Gasteiger partial charge in [-0.05, 0) is 26.8 Å². The summed E-state index contributed by atoms with van der Waals surface area (Å²) >= 11 is 0. The smallest absolute Gasteiger partial charge is 0.410 e. The second-order valence-electron chi connectivity index (χ2n) is 10.5. The SMILES string of the molecule is CC(C)(C)OC(=O)N1CCC(Oc2cnc3c(n2)c(C(=O)O)cn3COCC[Si](C)(C)C)C1. The Morgan fingerprint density at radius 2 is 2.00 bits per heavy atom. The molecule has 3 heterocycles. The number of hydrogen-bond donors (Lipinski definition) is 1. The maximum Gasteiger partial charge on any atom is 0.410 e. The van der Waals surface area contributed by atoms with Gasteiger partial charge in [-0.25, -0.2) is 19.6 Å². The summed E-state index contributed by atoms with van der Waals surface area (Å²) in [7, 11) is -1.22. The number of nitrogens with zero attached hydrogens (tertiary/aromatic N) is 4. The number of hydrogen-bond acceptors (Lipinski definition) is 7. The zero-order chi connectivity index (χ0) is 24.4. The summed E-state index contributed by atoms with van der Waals surface area (Å²) in [5, 5.41) is 9.62. The number of carboxylic acids is 1. The van der Waals surface area contributed by atoms with Crippen LogP contribution >= 0.6 is 0 Å². The monoisotopic (exact) mass is 478 g/mol. The highest BCUT2D eigenvalue weighted by atomic mass is 28.3. The third-order valence-electron chi connectivity index (χ3n) is 5.08. The number of carbonyl (C=O) groups is 2. The zero-order valence-corrected chi connectivity index (χ0v) is 21.3. The van der Waals surface area contributed by atoms with E-state index in [1.807, 2.05) is 20.8 Å². The third kappa shape index (κ3) is 6.91. The van der Waals surface area contributed by atoms with E-state index in [9.17, 15) is 14.7 Å². The molecule has 0 radical (unpaired) electrons. The molecule has 11 heteroatoms. The fraction of sp³-hybridized carbons (Fsp3) is 0.636. The first-order valence-corrected chi connectivity index (χ1v) is 14.8. The molecule has 0 aromatic carbocycles. The number of amides is 1. The number of ether oxygens (including phenoxy) is 3. The Balaban J connectivity index is 1.68. The van der Waals surface area contributed by atoms with Crippen LogP contribution in [0.4, 0.5) is 4.79 Å². The lowest BCUT2D eigenvalue weighted by Gasteiger charge is -2.24. The fourth-order valence-corrected chi connectivity index (χ4v) is 4.13. The van der Waals surface area contributed by atoms with E-state index in [1.54, 1.807) is 9.47 Å². The number of carboxylic acid groups (broad SMARTS) is 1. The predicted molar refractivity (Wildman–Crippen MR) is 125 cm³/mol. The van der Waals surface area contributed by atoms with Crippen molar-refractivity contribution in [3.63, 3.8) is 0 Å². The van der Waals surface area contributed by atoms with Crippen molar-refractivity contribution in [2.24, 2.45) is 0 Å². The van der Waals surface area contributed by atoms with Crippen LogP contribution in [0.3, 0.4) is 0 Å². The molecule has 1 amide bonds. The van der Waals surface area contributed by atoms with Gasteiger partial charge in [0.15, 0.2) is 5.65 Å². The van der Waals surface area contributed by atoms with E-state index >= 15 is 0 Å². The molecule has 10 nitrogen and oxygen atoms in total. The first kappa shape index (κ1) is 25.0. The molecule has 1 atom stereocenters. The molecule has 3 rings (SSSR count). The minimum absolute atomic E-state index is 0.0403. The van der Waals surface area contributed by atoms with Gasteiger partial charge < -0.3 is 28.8 Å². The van der Waals surface area contributed by atoms with Crippen molar-refractivity contribution in [3.8, 4) is 5.88 Å². The van der Waals surface area contributed by atoms with E-state index in [0.29, 0.717) is 31.8 Å². The maximum absolute atomic E-state index is 12.3. The van der Waals surface area contributed by atoms with Crippen LogP contribution in [0.25, 0.3) is 11.2 Å². The van der Waals surface area contributed by atoms with Crippen LogP contribution in [0, 0.1) is 0 Å². The quantitative estimate of drug-likeness (QED) is 0.449. The molecule has 2 aromatic rings. The number of fused-ring (bicyclic) bond motifs is 1. The topological polar surface area (TPSA) is 116 Å². The molecule has 1 aliphatic rings. The summed E-state index contributed by atoms with van der Waals surface area (Å²) in [4.78, 5) is 34.4. The lowest BCUT2D eigenvalue weighted by Crippen LogP contribution is -2.36. The van der Waals surface area contributed by atoms with E-state index in [0.717, 1.165) is 6.04 Å². The Labute approximate surface area is 194 Å². The summed E-state index contributed by atoms with van der Waals surface area (Å²) in [6, 6.07) is 1.02. The van der Waals surface area contributed by atoms with Gasteiger partial charge in [0.1, 0.15) is 29.5 Å². The Bertz CT molecular complexity index is 1010. The molecule has 0 aliphatic carbocycles. The second-order valence-corrected chi connectivity index (χ2v) is 16.1. The lowest BCUT2D eigenvalue weighted by molar-refractivity contribution is 0.0274. The first-order chi connectivity index (χ1) is 15.3. The highest BCUT2D eigenvalue weighted by Gasteiger charge is 2.31. The van der Waals surface area contributed by atoms with Gasteiger partial charge in [0.05, 0.1) is 12.7 Å². The van der Waals surface area contributed by atoms with E-state index < -0.39 is 19.6 Å². The lowest BCUT2D eigenvalue weighted by atomic mass is 10.2. The van der Waals surface area contributed by atoms with Gasteiger partial charge in [0.25, 0.3) is 0 Å². The van der Waals surface area contributed by atoms with Gasteiger partial charge in [-0.15, -0.1) is 0 Å². The van der Waals surface area contributed by atoms with Crippen molar-refractivity contribution in [1.82, 2.24) is 19.4 Å². The molecule has 0 bridgehead atoms. The summed E-state index contributed by atoms with van der Waals surface area (Å²) in [6.07, 6.45) is 2.93. The normalized spacial score (nSPS) is 16.9. The third-order valence-corrected chi connectivity index (χ3v) is 6.79. The molecular weight excluding hydrogens is 444 g/mol. The minimum Gasteiger partial charge on any atom is -0.478 e. The van der Waals surface area contributed by atoms with Gasteiger partial charge in [-0.1, -0.05) is 19.6 Å². The van der Waals surface area contributed by atoms with Gasteiger partial charge in [0.2, 0.25) is 5.88 Å². The van der Waals surface area contributed by atoms with E-state index in [1.165, 1.54) is 12.4 Å². The summed E-state index contributed by atoms with van der Waals surface area (Å²) in [5.74, 6) is -0.872. The molecule has 182 valence electrons. The Morgan fingerprint density at radius 1 is 1.27 bits per heavy atom. The molecule has 1 N–H and O–H groups in total. The number of aromatic carboxylic acids is 1. The van der Waals surface area contributed by atoms with Crippen LogP contribution in [-0.2, 0) is 16.2 Å².